The molecule has 4 nitrogen and oxygen atoms in total. The second-order valence-electron chi connectivity index (χ2n) is 3.21. The second kappa shape index (κ2) is 4.76. The molecule has 84 valence electrons. The van der Waals surface area contributed by atoms with E-state index < -0.39 is 0 Å². The smallest absolute Gasteiger partial charge is 0.159 e. The van der Waals surface area contributed by atoms with E-state index in [0.717, 1.165) is 0 Å². The van der Waals surface area contributed by atoms with Crippen molar-refractivity contribution in [2.75, 3.05) is 13.8 Å². The summed E-state index contributed by atoms with van der Waals surface area (Å²) in [5.74, 6) is 0.281. The molecule has 0 aliphatic rings. The van der Waals surface area contributed by atoms with Crippen LogP contribution in [0.25, 0.3) is 5.69 Å². The molecule has 0 spiro atoms. The van der Waals surface area contributed by atoms with Gasteiger partial charge >= 0.3 is 0 Å². The van der Waals surface area contributed by atoms with Crippen molar-refractivity contribution in [1.29, 1.82) is 0 Å². The first-order chi connectivity index (χ1) is 7.81. The van der Waals surface area contributed by atoms with Crippen molar-refractivity contribution >= 4 is 0 Å². The van der Waals surface area contributed by atoms with E-state index in [9.17, 15) is 4.39 Å². The summed E-state index contributed by atoms with van der Waals surface area (Å²) < 4.78 is 20.1. The molecule has 0 unspecified atom stereocenters. The molecule has 16 heavy (non-hydrogen) atoms. The van der Waals surface area contributed by atoms with Gasteiger partial charge < -0.3 is 4.74 Å². The Balaban J connectivity index is 2.22. The van der Waals surface area contributed by atoms with Crippen LogP contribution in [0.1, 0.15) is 0 Å². The van der Waals surface area contributed by atoms with Crippen molar-refractivity contribution in [1.82, 2.24) is 15.1 Å². The molecular weight excluding hydrogens is 209 g/mol. The van der Waals surface area contributed by atoms with Crippen molar-refractivity contribution in [2.24, 2.45) is 0 Å². The minimum absolute atomic E-state index is 0.314. The van der Waals surface area contributed by atoms with E-state index in [1.165, 1.54) is 10.7 Å². The lowest BCUT2D eigenvalue weighted by Crippen LogP contribution is -2.13. The fourth-order valence-corrected chi connectivity index (χ4v) is 1.31. The minimum Gasteiger partial charge on any atom is -0.475 e. The van der Waals surface area contributed by atoms with E-state index in [0.29, 0.717) is 18.2 Å². The van der Waals surface area contributed by atoms with Crippen LogP contribution >= 0.6 is 0 Å². The molecular formula is C11H12FN3O. The lowest BCUT2D eigenvalue weighted by atomic mass is 10.3. The predicted molar refractivity (Wildman–Crippen MR) is 58.1 cm³/mol. The molecule has 0 aliphatic carbocycles. The lowest BCUT2D eigenvalue weighted by Gasteiger charge is -2.02. The average molecular weight is 221 g/mol. The molecule has 5 heteroatoms. The number of hydrogen-bond donors (Lipinski definition) is 1. The van der Waals surface area contributed by atoms with Crippen molar-refractivity contribution < 1.29 is 9.13 Å². The third-order valence-corrected chi connectivity index (χ3v) is 2.04. The third kappa shape index (κ3) is 2.20. The van der Waals surface area contributed by atoms with Crippen LogP contribution in [0.3, 0.4) is 0 Å². The Morgan fingerprint density at radius 1 is 1.44 bits per heavy atom. The Labute approximate surface area is 92.7 Å². The van der Waals surface area contributed by atoms with E-state index >= 15 is 0 Å². The van der Waals surface area contributed by atoms with Crippen LogP contribution in [-0.2, 0) is 0 Å². The standard InChI is InChI=1S/C11H12FN3O/c1-13-8-16-9-6-14-15(7-9)11-5-3-2-4-10(11)12/h2-7,13H,8H2,1H3. The van der Waals surface area contributed by atoms with Crippen LogP contribution in [0.5, 0.6) is 5.75 Å². The normalized spacial score (nSPS) is 10.4. The number of halogens is 1. The number of para-hydroxylation sites is 1. The van der Waals surface area contributed by atoms with Gasteiger partial charge in [0.2, 0.25) is 0 Å². The molecule has 0 saturated carbocycles. The Kier molecular flexibility index (Phi) is 3.16. The molecule has 2 rings (SSSR count). The highest BCUT2D eigenvalue weighted by Crippen LogP contribution is 2.15. The summed E-state index contributed by atoms with van der Waals surface area (Å²) in [6.07, 6.45) is 3.18. The van der Waals surface area contributed by atoms with Crippen LogP contribution in [0.2, 0.25) is 0 Å². The number of rotatable bonds is 4. The Bertz CT molecular complexity index is 470. The van der Waals surface area contributed by atoms with Gasteiger partial charge in [-0.3, -0.25) is 5.32 Å². The van der Waals surface area contributed by atoms with Gasteiger partial charge in [-0.15, -0.1) is 0 Å². The zero-order valence-corrected chi connectivity index (χ0v) is 8.85. The highest BCUT2D eigenvalue weighted by Gasteiger charge is 2.05. The van der Waals surface area contributed by atoms with Gasteiger partial charge in [-0.1, -0.05) is 12.1 Å². The van der Waals surface area contributed by atoms with E-state index in [-0.39, 0.29) is 5.82 Å². The monoisotopic (exact) mass is 221 g/mol. The highest BCUT2D eigenvalue weighted by atomic mass is 19.1. The Morgan fingerprint density at radius 3 is 3.00 bits per heavy atom. The topological polar surface area (TPSA) is 39.1 Å². The third-order valence-electron chi connectivity index (χ3n) is 2.04. The van der Waals surface area contributed by atoms with Gasteiger partial charge in [-0.2, -0.15) is 5.10 Å². The number of benzene rings is 1. The Morgan fingerprint density at radius 2 is 2.25 bits per heavy atom. The zero-order valence-electron chi connectivity index (χ0n) is 8.85. The summed E-state index contributed by atoms with van der Waals surface area (Å²) in [5.41, 5.74) is 0.404. The fourth-order valence-electron chi connectivity index (χ4n) is 1.31. The molecule has 2 aromatic rings. The summed E-state index contributed by atoms with van der Waals surface area (Å²) in [7, 11) is 1.78. The molecule has 0 amide bonds. The van der Waals surface area contributed by atoms with E-state index in [2.05, 4.69) is 10.4 Å². The van der Waals surface area contributed by atoms with Gasteiger partial charge in [0.25, 0.3) is 0 Å². The summed E-state index contributed by atoms with van der Waals surface area (Å²) in [6, 6.07) is 6.45. The SMILES string of the molecule is CNCOc1cnn(-c2ccccc2F)c1. The molecule has 0 aliphatic heterocycles. The van der Waals surface area contributed by atoms with Gasteiger partial charge in [0.1, 0.15) is 18.2 Å². The molecule has 1 heterocycles. The molecule has 0 bridgehead atoms. The number of ether oxygens (including phenoxy) is 1. The lowest BCUT2D eigenvalue weighted by molar-refractivity contribution is 0.296. The molecule has 1 aromatic carbocycles. The predicted octanol–water partition coefficient (Wildman–Crippen LogP) is 1.57. The van der Waals surface area contributed by atoms with Gasteiger partial charge in [-0.25, -0.2) is 9.07 Å². The number of aromatic nitrogens is 2. The van der Waals surface area contributed by atoms with Gasteiger partial charge in [-0.05, 0) is 19.2 Å². The quantitative estimate of drug-likeness (QED) is 0.796. The van der Waals surface area contributed by atoms with E-state index in [4.69, 9.17) is 4.74 Å². The summed E-state index contributed by atoms with van der Waals surface area (Å²) in [6.45, 7) is 0.392. The van der Waals surface area contributed by atoms with Crippen LogP contribution in [-0.4, -0.2) is 23.6 Å². The first kappa shape index (κ1) is 10.6. The molecule has 0 radical (unpaired) electrons. The first-order valence-electron chi connectivity index (χ1n) is 4.88. The molecule has 0 fully saturated rings. The first-order valence-corrected chi connectivity index (χ1v) is 4.88. The fraction of sp³-hybridized carbons (Fsp3) is 0.182. The maximum absolute atomic E-state index is 13.4. The van der Waals surface area contributed by atoms with Gasteiger partial charge in [0, 0.05) is 0 Å². The maximum Gasteiger partial charge on any atom is 0.159 e. The number of nitrogens with one attached hydrogen (secondary N) is 1. The molecule has 0 saturated heterocycles. The molecule has 0 atom stereocenters. The van der Waals surface area contributed by atoms with Crippen molar-refractivity contribution in [3.05, 3.63) is 42.5 Å². The van der Waals surface area contributed by atoms with Crippen molar-refractivity contribution in [3.63, 3.8) is 0 Å². The Hall–Kier alpha value is -1.88. The number of hydrogen-bond acceptors (Lipinski definition) is 3. The summed E-state index contributed by atoms with van der Waals surface area (Å²) >= 11 is 0. The van der Waals surface area contributed by atoms with Crippen LogP contribution in [0.15, 0.2) is 36.7 Å². The van der Waals surface area contributed by atoms with Crippen LogP contribution in [0, 0.1) is 5.82 Å². The minimum atomic E-state index is -0.314. The summed E-state index contributed by atoms with van der Waals surface area (Å²) in [4.78, 5) is 0. The average Bonchev–Trinajstić information content (AvgIpc) is 2.75. The zero-order chi connectivity index (χ0) is 11.4. The van der Waals surface area contributed by atoms with E-state index in [1.54, 1.807) is 37.6 Å². The van der Waals surface area contributed by atoms with Crippen molar-refractivity contribution in [3.8, 4) is 11.4 Å². The largest absolute Gasteiger partial charge is 0.475 e. The maximum atomic E-state index is 13.4. The van der Waals surface area contributed by atoms with Crippen molar-refractivity contribution in [2.45, 2.75) is 0 Å². The van der Waals surface area contributed by atoms with Crippen LogP contribution in [0.4, 0.5) is 4.39 Å². The number of nitrogens with zero attached hydrogens (tertiary/aromatic N) is 2. The van der Waals surface area contributed by atoms with Crippen LogP contribution < -0.4 is 10.1 Å². The van der Waals surface area contributed by atoms with E-state index in [1.807, 2.05) is 0 Å². The highest BCUT2D eigenvalue weighted by molar-refractivity contribution is 5.33. The molecule has 1 N–H and O–H groups in total. The van der Waals surface area contributed by atoms with Gasteiger partial charge in [0.15, 0.2) is 5.75 Å². The molecule has 1 aromatic heterocycles. The second-order valence-corrected chi connectivity index (χ2v) is 3.21. The van der Waals surface area contributed by atoms with Gasteiger partial charge in [0.05, 0.1) is 12.4 Å². The summed E-state index contributed by atoms with van der Waals surface area (Å²) in [5, 5.41) is 6.87.